The third-order valence-electron chi connectivity index (χ3n) is 2.29. The van der Waals surface area contributed by atoms with Gasteiger partial charge in [-0.3, -0.25) is 0 Å². The summed E-state index contributed by atoms with van der Waals surface area (Å²) in [6.07, 6.45) is 1.69. The summed E-state index contributed by atoms with van der Waals surface area (Å²) in [6, 6.07) is 1.99. The molecule has 0 aliphatic heterocycles. The average molecular weight is 207 g/mol. The Balaban J connectivity index is 1.91. The normalized spacial score (nSPS) is 12.9. The fourth-order valence-electron chi connectivity index (χ4n) is 1.28. The van der Waals surface area contributed by atoms with Gasteiger partial charge in [0.2, 0.25) is 0 Å². The third-order valence-corrected chi connectivity index (χ3v) is 2.29. The van der Waals surface area contributed by atoms with Gasteiger partial charge < -0.3 is 9.73 Å². The van der Waals surface area contributed by atoms with Crippen molar-refractivity contribution in [3.63, 3.8) is 0 Å². The van der Waals surface area contributed by atoms with Crippen molar-refractivity contribution in [2.75, 3.05) is 0 Å². The molecule has 2 N–H and O–H groups in total. The highest BCUT2D eigenvalue weighted by molar-refractivity contribution is 5.14. The van der Waals surface area contributed by atoms with E-state index in [-0.39, 0.29) is 6.04 Å². The molecular formula is C9H13N5O. The molecule has 2 heterocycles. The van der Waals surface area contributed by atoms with Crippen molar-refractivity contribution >= 4 is 0 Å². The number of rotatable bonds is 4. The number of H-pyrrole nitrogens is 1. The van der Waals surface area contributed by atoms with Crippen LogP contribution in [0.25, 0.3) is 0 Å². The average Bonchev–Trinajstić information content (AvgIpc) is 2.85. The number of furan rings is 1. The van der Waals surface area contributed by atoms with Gasteiger partial charge in [0, 0.05) is 0 Å². The monoisotopic (exact) mass is 207 g/mol. The van der Waals surface area contributed by atoms with Gasteiger partial charge in [-0.15, -0.1) is 10.2 Å². The van der Waals surface area contributed by atoms with E-state index < -0.39 is 0 Å². The summed E-state index contributed by atoms with van der Waals surface area (Å²) < 4.78 is 5.31. The number of aromatic nitrogens is 4. The van der Waals surface area contributed by atoms with E-state index in [0.29, 0.717) is 12.4 Å². The number of hydrogen-bond acceptors (Lipinski definition) is 5. The van der Waals surface area contributed by atoms with Gasteiger partial charge in [-0.1, -0.05) is 5.21 Å². The molecule has 1 unspecified atom stereocenters. The minimum atomic E-state index is 0.0493. The maximum absolute atomic E-state index is 5.31. The summed E-state index contributed by atoms with van der Waals surface area (Å²) in [5, 5.41) is 17.0. The summed E-state index contributed by atoms with van der Waals surface area (Å²) in [6.45, 7) is 4.65. The molecule has 0 saturated heterocycles. The number of nitrogens with one attached hydrogen (secondary N) is 2. The first kappa shape index (κ1) is 9.85. The molecule has 80 valence electrons. The van der Waals surface area contributed by atoms with Crippen molar-refractivity contribution in [1.29, 1.82) is 0 Å². The summed E-state index contributed by atoms with van der Waals surface area (Å²) in [5.74, 6) is 1.59. The second-order valence-corrected chi connectivity index (χ2v) is 3.40. The molecule has 0 spiro atoms. The van der Waals surface area contributed by atoms with Gasteiger partial charge in [-0.25, -0.2) is 0 Å². The Morgan fingerprint density at radius 2 is 2.47 bits per heavy atom. The van der Waals surface area contributed by atoms with Crippen LogP contribution in [0.15, 0.2) is 16.7 Å². The maximum Gasteiger partial charge on any atom is 0.191 e. The molecule has 6 heteroatoms. The van der Waals surface area contributed by atoms with E-state index in [2.05, 4.69) is 25.9 Å². The standard InChI is InChI=1S/C9H13N5O/c1-6-3-4-15-8(6)5-10-7(2)9-11-13-14-12-9/h3-4,7,10H,5H2,1-2H3,(H,11,12,13,14). The SMILES string of the molecule is Cc1ccoc1CNC(C)c1nn[nH]n1. The number of aromatic amines is 1. The molecule has 0 fully saturated rings. The molecule has 0 aromatic carbocycles. The van der Waals surface area contributed by atoms with E-state index in [1.165, 1.54) is 0 Å². The summed E-state index contributed by atoms with van der Waals surface area (Å²) in [4.78, 5) is 0. The molecule has 2 rings (SSSR count). The van der Waals surface area contributed by atoms with Gasteiger partial charge >= 0.3 is 0 Å². The Morgan fingerprint density at radius 3 is 3.07 bits per heavy atom. The predicted octanol–water partition coefficient (Wildman–Crippen LogP) is 0.952. The van der Waals surface area contributed by atoms with Gasteiger partial charge in [-0.2, -0.15) is 5.21 Å². The fraction of sp³-hybridized carbons (Fsp3) is 0.444. The minimum absolute atomic E-state index is 0.0493. The maximum atomic E-state index is 5.31. The van der Waals surface area contributed by atoms with Crippen LogP contribution in [0.3, 0.4) is 0 Å². The van der Waals surface area contributed by atoms with Crippen molar-refractivity contribution in [2.24, 2.45) is 0 Å². The second-order valence-electron chi connectivity index (χ2n) is 3.40. The molecule has 2 aromatic heterocycles. The third kappa shape index (κ3) is 2.21. The topological polar surface area (TPSA) is 79.6 Å². The largest absolute Gasteiger partial charge is 0.468 e. The highest BCUT2D eigenvalue weighted by atomic mass is 16.3. The molecule has 0 amide bonds. The van der Waals surface area contributed by atoms with Gasteiger partial charge in [-0.05, 0) is 25.5 Å². The molecule has 6 nitrogen and oxygen atoms in total. The van der Waals surface area contributed by atoms with E-state index in [1.54, 1.807) is 6.26 Å². The van der Waals surface area contributed by atoms with Crippen molar-refractivity contribution in [3.05, 3.63) is 29.5 Å². The Labute approximate surface area is 87.1 Å². The molecule has 0 aliphatic rings. The summed E-state index contributed by atoms with van der Waals surface area (Å²) in [5.41, 5.74) is 1.14. The van der Waals surface area contributed by atoms with Crippen LogP contribution < -0.4 is 5.32 Å². The van der Waals surface area contributed by atoms with E-state index in [4.69, 9.17) is 4.42 Å². The molecule has 1 atom stereocenters. The van der Waals surface area contributed by atoms with Crippen LogP contribution in [-0.2, 0) is 6.54 Å². The molecule has 15 heavy (non-hydrogen) atoms. The van der Waals surface area contributed by atoms with E-state index in [1.807, 2.05) is 19.9 Å². The number of tetrazole rings is 1. The van der Waals surface area contributed by atoms with Gasteiger partial charge in [0.25, 0.3) is 0 Å². The molecule has 0 saturated carbocycles. The highest BCUT2D eigenvalue weighted by Crippen LogP contribution is 2.10. The lowest BCUT2D eigenvalue weighted by Crippen LogP contribution is -2.19. The molecule has 2 aromatic rings. The molecule has 0 radical (unpaired) electrons. The first-order chi connectivity index (χ1) is 7.27. The lowest BCUT2D eigenvalue weighted by molar-refractivity contribution is 0.451. The van der Waals surface area contributed by atoms with Crippen molar-refractivity contribution in [1.82, 2.24) is 25.9 Å². The van der Waals surface area contributed by atoms with Crippen molar-refractivity contribution < 1.29 is 4.42 Å². The Kier molecular flexibility index (Phi) is 2.77. The smallest absolute Gasteiger partial charge is 0.191 e. The highest BCUT2D eigenvalue weighted by Gasteiger charge is 2.10. The molecule has 0 aliphatic carbocycles. The zero-order valence-electron chi connectivity index (χ0n) is 8.69. The van der Waals surface area contributed by atoms with Crippen LogP contribution in [0.1, 0.15) is 30.1 Å². The Morgan fingerprint density at radius 1 is 1.60 bits per heavy atom. The van der Waals surface area contributed by atoms with E-state index in [0.717, 1.165) is 11.3 Å². The van der Waals surface area contributed by atoms with Gasteiger partial charge in [0.15, 0.2) is 5.82 Å². The lowest BCUT2D eigenvalue weighted by atomic mass is 10.2. The predicted molar refractivity (Wildman–Crippen MR) is 52.9 cm³/mol. The quantitative estimate of drug-likeness (QED) is 0.780. The molecular weight excluding hydrogens is 194 g/mol. The van der Waals surface area contributed by atoms with Crippen molar-refractivity contribution in [2.45, 2.75) is 26.4 Å². The summed E-state index contributed by atoms with van der Waals surface area (Å²) >= 11 is 0. The number of aryl methyl sites for hydroxylation is 1. The molecule has 0 bridgehead atoms. The lowest BCUT2D eigenvalue weighted by Gasteiger charge is -2.08. The Hall–Kier alpha value is -1.69. The van der Waals surface area contributed by atoms with Crippen LogP contribution in [0, 0.1) is 6.92 Å². The van der Waals surface area contributed by atoms with Gasteiger partial charge in [0.1, 0.15) is 5.76 Å². The second kappa shape index (κ2) is 4.22. The van der Waals surface area contributed by atoms with Crippen LogP contribution in [-0.4, -0.2) is 20.6 Å². The van der Waals surface area contributed by atoms with Crippen LogP contribution in [0.5, 0.6) is 0 Å². The number of nitrogens with zero attached hydrogens (tertiary/aromatic N) is 3. The van der Waals surface area contributed by atoms with Crippen molar-refractivity contribution in [3.8, 4) is 0 Å². The van der Waals surface area contributed by atoms with Gasteiger partial charge in [0.05, 0.1) is 18.8 Å². The van der Waals surface area contributed by atoms with Crippen LogP contribution >= 0.6 is 0 Å². The summed E-state index contributed by atoms with van der Waals surface area (Å²) in [7, 11) is 0. The minimum Gasteiger partial charge on any atom is -0.468 e. The Bertz CT molecular complexity index is 408. The van der Waals surface area contributed by atoms with E-state index >= 15 is 0 Å². The fourth-order valence-corrected chi connectivity index (χ4v) is 1.28. The first-order valence-electron chi connectivity index (χ1n) is 4.77. The number of hydrogen-bond donors (Lipinski definition) is 2. The first-order valence-corrected chi connectivity index (χ1v) is 4.77. The van der Waals surface area contributed by atoms with Crippen LogP contribution in [0.2, 0.25) is 0 Å². The van der Waals surface area contributed by atoms with E-state index in [9.17, 15) is 0 Å². The van der Waals surface area contributed by atoms with Crippen LogP contribution in [0.4, 0.5) is 0 Å². The zero-order valence-corrected chi connectivity index (χ0v) is 8.69. The zero-order chi connectivity index (χ0) is 10.7.